The van der Waals surface area contributed by atoms with Crippen LogP contribution >= 0.6 is 0 Å². The van der Waals surface area contributed by atoms with E-state index in [4.69, 9.17) is 19.3 Å². The fraction of sp³-hybridized carbons (Fsp3) is 0.667. The summed E-state index contributed by atoms with van der Waals surface area (Å²) < 4.78 is 16.1. The number of unbranched alkanes of at least 4 members (excludes halogenated alkanes) is 1. The van der Waals surface area contributed by atoms with Gasteiger partial charge in [-0.15, -0.1) is 0 Å². The molecule has 1 saturated heterocycles. The molecule has 0 unspecified atom stereocenters. The molecule has 7 nitrogen and oxygen atoms in total. The minimum Gasteiger partial charge on any atom is -0.494 e. The molecule has 1 fully saturated rings. The number of ether oxygens (including phenoxy) is 3. The van der Waals surface area contributed by atoms with Gasteiger partial charge in [0.1, 0.15) is 30.2 Å². The molecule has 0 amide bonds. The summed E-state index contributed by atoms with van der Waals surface area (Å²) in [6.45, 7) is 2.49. The Morgan fingerprint density at radius 2 is 1.72 bits per heavy atom. The molecule has 0 spiro atoms. The number of aliphatic hydroxyl groups excluding tert-OH is 4. The topological polar surface area (TPSA) is 109 Å². The van der Waals surface area contributed by atoms with Crippen molar-refractivity contribution < 1.29 is 34.6 Å². The van der Waals surface area contributed by atoms with E-state index in [1.807, 2.05) is 31.2 Å². The van der Waals surface area contributed by atoms with Gasteiger partial charge in [0.05, 0.1) is 13.2 Å². The van der Waals surface area contributed by atoms with Gasteiger partial charge in [-0.25, -0.2) is 0 Å². The molecular weight excluding hydrogens is 328 g/mol. The summed E-state index contributed by atoms with van der Waals surface area (Å²) in [4.78, 5) is 0. The molecule has 1 aliphatic heterocycles. The molecule has 1 aliphatic rings. The van der Waals surface area contributed by atoms with Gasteiger partial charge >= 0.3 is 0 Å². The Hall–Kier alpha value is -1.22. The summed E-state index contributed by atoms with van der Waals surface area (Å²) in [6.07, 6.45) is -3.56. The second-order valence-electron chi connectivity index (χ2n) is 6.10. The van der Waals surface area contributed by atoms with E-state index >= 15 is 0 Å². The molecule has 142 valence electrons. The highest BCUT2D eigenvalue weighted by molar-refractivity contribution is 5.27. The van der Waals surface area contributed by atoms with Crippen LogP contribution in [-0.2, 0) is 15.9 Å². The van der Waals surface area contributed by atoms with E-state index < -0.39 is 37.3 Å². The van der Waals surface area contributed by atoms with Crippen LogP contribution in [0.25, 0.3) is 0 Å². The van der Waals surface area contributed by atoms with Crippen LogP contribution in [0.1, 0.15) is 25.3 Å². The molecule has 5 atom stereocenters. The monoisotopic (exact) mass is 356 g/mol. The van der Waals surface area contributed by atoms with Crippen LogP contribution in [0.4, 0.5) is 0 Å². The average molecular weight is 356 g/mol. The van der Waals surface area contributed by atoms with Gasteiger partial charge in [-0.1, -0.05) is 12.1 Å². The Labute approximate surface area is 147 Å². The van der Waals surface area contributed by atoms with Crippen LogP contribution < -0.4 is 4.74 Å². The Morgan fingerprint density at radius 3 is 2.36 bits per heavy atom. The lowest BCUT2D eigenvalue weighted by molar-refractivity contribution is -0.301. The number of benzene rings is 1. The Bertz CT molecular complexity index is 491. The molecule has 0 bridgehead atoms. The molecule has 25 heavy (non-hydrogen) atoms. The third kappa shape index (κ3) is 5.64. The van der Waals surface area contributed by atoms with Gasteiger partial charge in [-0.3, -0.25) is 0 Å². The van der Waals surface area contributed by atoms with Crippen molar-refractivity contribution in [1.29, 1.82) is 0 Å². The van der Waals surface area contributed by atoms with Crippen LogP contribution in [0.5, 0.6) is 5.75 Å². The van der Waals surface area contributed by atoms with Crippen LogP contribution in [0, 0.1) is 0 Å². The molecule has 2 rings (SSSR count). The summed E-state index contributed by atoms with van der Waals surface area (Å²) >= 11 is 0. The fourth-order valence-corrected chi connectivity index (χ4v) is 2.75. The molecule has 0 radical (unpaired) electrons. The van der Waals surface area contributed by atoms with Crippen LogP contribution in [0.3, 0.4) is 0 Å². The normalized spacial score (nSPS) is 29.6. The fourth-order valence-electron chi connectivity index (χ4n) is 2.75. The maximum absolute atomic E-state index is 9.87. The molecule has 0 saturated carbocycles. The van der Waals surface area contributed by atoms with Gasteiger partial charge in [-0.2, -0.15) is 0 Å². The first-order valence-corrected chi connectivity index (χ1v) is 8.70. The van der Waals surface area contributed by atoms with Gasteiger partial charge in [0.25, 0.3) is 0 Å². The summed E-state index contributed by atoms with van der Waals surface area (Å²) in [5, 5.41) is 38.4. The van der Waals surface area contributed by atoms with E-state index in [1.165, 1.54) is 5.56 Å². The molecule has 0 aromatic heterocycles. The Morgan fingerprint density at radius 1 is 1.00 bits per heavy atom. The van der Waals surface area contributed by atoms with E-state index in [0.717, 1.165) is 25.0 Å². The third-order valence-electron chi connectivity index (χ3n) is 4.22. The molecule has 1 heterocycles. The maximum Gasteiger partial charge on any atom is 0.186 e. The van der Waals surface area contributed by atoms with Gasteiger partial charge in [-0.05, 0) is 43.9 Å². The first-order valence-electron chi connectivity index (χ1n) is 8.70. The van der Waals surface area contributed by atoms with Crippen molar-refractivity contribution in [2.45, 2.75) is 56.9 Å². The van der Waals surface area contributed by atoms with E-state index in [-0.39, 0.29) is 0 Å². The van der Waals surface area contributed by atoms with Crippen molar-refractivity contribution in [1.82, 2.24) is 0 Å². The molecule has 1 aromatic carbocycles. The second kappa shape index (κ2) is 10.1. The Balaban J connectivity index is 1.68. The molecular formula is C18H28O7. The third-order valence-corrected chi connectivity index (χ3v) is 4.22. The van der Waals surface area contributed by atoms with E-state index in [9.17, 15) is 15.3 Å². The molecule has 1 aromatic rings. The predicted molar refractivity (Wildman–Crippen MR) is 90.3 cm³/mol. The summed E-state index contributed by atoms with van der Waals surface area (Å²) in [5.41, 5.74) is 1.20. The minimum atomic E-state index is -1.40. The van der Waals surface area contributed by atoms with Crippen molar-refractivity contribution in [3.8, 4) is 5.75 Å². The number of hydrogen-bond donors (Lipinski definition) is 4. The molecule has 4 N–H and O–H groups in total. The van der Waals surface area contributed by atoms with Gasteiger partial charge < -0.3 is 34.6 Å². The lowest BCUT2D eigenvalue weighted by Crippen LogP contribution is -2.59. The standard InChI is InChI=1S/C18H28O7/c1-2-23-13-8-6-12(7-9-13)5-3-4-10-24-18-17(22)16(21)15(20)14(11-19)25-18/h6-9,14-22H,2-5,10-11H2,1H3/t14-,15-,16+,17-,18-/m1/s1. The summed E-state index contributed by atoms with van der Waals surface area (Å²) in [7, 11) is 0. The van der Waals surface area contributed by atoms with Crippen molar-refractivity contribution in [2.75, 3.05) is 19.8 Å². The minimum absolute atomic E-state index is 0.347. The second-order valence-corrected chi connectivity index (χ2v) is 6.10. The van der Waals surface area contributed by atoms with Crippen LogP contribution in [0.15, 0.2) is 24.3 Å². The van der Waals surface area contributed by atoms with Crippen molar-refractivity contribution >= 4 is 0 Å². The van der Waals surface area contributed by atoms with E-state index in [0.29, 0.717) is 13.2 Å². The zero-order valence-electron chi connectivity index (χ0n) is 14.5. The molecule has 0 aliphatic carbocycles. The van der Waals surface area contributed by atoms with Gasteiger partial charge in [0.2, 0.25) is 0 Å². The number of hydrogen-bond acceptors (Lipinski definition) is 7. The first kappa shape index (κ1) is 20.1. The zero-order valence-corrected chi connectivity index (χ0v) is 14.5. The zero-order chi connectivity index (χ0) is 18.2. The smallest absolute Gasteiger partial charge is 0.186 e. The first-order chi connectivity index (χ1) is 12.1. The lowest BCUT2D eigenvalue weighted by atomic mass is 9.99. The number of rotatable bonds is 9. The van der Waals surface area contributed by atoms with Crippen LogP contribution in [-0.4, -0.2) is 71.0 Å². The van der Waals surface area contributed by atoms with E-state index in [1.54, 1.807) is 0 Å². The maximum atomic E-state index is 9.87. The van der Waals surface area contributed by atoms with E-state index in [2.05, 4.69) is 0 Å². The van der Waals surface area contributed by atoms with Crippen LogP contribution in [0.2, 0.25) is 0 Å². The SMILES string of the molecule is CCOc1ccc(CCCCO[C@@H]2O[C@H](CO)[C@@H](O)[C@H](O)[C@H]2O)cc1. The van der Waals surface area contributed by atoms with Crippen molar-refractivity contribution in [3.05, 3.63) is 29.8 Å². The molecule has 7 heteroatoms. The van der Waals surface area contributed by atoms with Gasteiger partial charge in [0.15, 0.2) is 6.29 Å². The predicted octanol–water partition coefficient (Wildman–Crippen LogP) is 0.224. The highest BCUT2D eigenvalue weighted by Gasteiger charge is 2.43. The highest BCUT2D eigenvalue weighted by atomic mass is 16.7. The lowest BCUT2D eigenvalue weighted by Gasteiger charge is -2.39. The summed E-state index contributed by atoms with van der Waals surface area (Å²) in [6, 6.07) is 7.96. The quantitative estimate of drug-likeness (QED) is 0.469. The average Bonchev–Trinajstić information content (AvgIpc) is 2.63. The van der Waals surface area contributed by atoms with Crippen molar-refractivity contribution in [2.24, 2.45) is 0 Å². The number of aliphatic hydroxyl groups is 4. The highest BCUT2D eigenvalue weighted by Crippen LogP contribution is 2.22. The van der Waals surface area contributed by atoms with Crippen molar-refractivity contribution in [3.63, 3.8) is 0 Å². The summed E-state index contributed by atoms with van der Waals surface area (Å²) in [5.74, 6) is 0.859. The number of aryl methyl sites for hydroxylation is 1. The largest absolute Gasteiger partial charge is 0.494 e. The Kier molecular flexibility index (Phi) is 8.08. The van der Waals surface area contributed by atoms with Gasteiger partial charge in [0, 0.05) is 6.61 Å².